The van der Waals surface area contributed by atoms with E-state index in [0.717, 1.165) is 66.5 Å². The second-order valence-electron chi connectivity index (χ2n) is 15.1. The van der Waals surface area contributed by atoms with Gasteiger partial charge in [0.05, 0.1) is 16.7 Å². The van der Waals surface area contributed by atoms with Crippen molar-refractivity contribution in [2.75, 3.05) is 0 Å². The second kappa shape index (κ2) is 13.8. The standard InChI is InChI=1S/C55H34N4O/c1-5-18-35(19-6-1)39-32-33-46(59-45-30-16-15-28-42(45)49-41-27-14-13-26-40(41)44(34-47(49)59)36-20-7-2-8-21-36)52-51(39)50-43(29-17-31-48(50)60-52)55-57-53(37-22-9-3-10-23-37)56-54(58-55)38-24-11-4-12-25-38/h1-34H. The lowest BCUT2D eigenvalue weighted by Gasteiger charge is -2.14. The van der Waals surface area contributed by atoms with E-state index in [2.05, 4.69) is 144 Å². The highest BCUT2D eigenvalue weighted by atomic mass is 16.3. The van der Waals surface area contributed by atoms with Crippen LogP contribution in [0.25, 0.3) is 117 Å². The summed E-state index contributed by atoms with van der Waals surface area (Å²) in [5, 5.41) is 6.79. The molecule has 0 radical (unpaired) electrons. The van der Waals surface area contributed by atoms with Crippen molar-refractivity contribution in [2.24, 2.45) is 0 Å². The third-order valence-electron chi connectivity index (χ3n) is 11.7. The number of aromatic nitrogens is 4. The first-order valence-corrected chi connectivity index (χ1v) is 20.2. The molecule has 5 nitrogen and oxygen atoms in total. The van der Waals surface area contributed by atoms with Crippen molar-refractivity contribution >= 4 is 54.5 Å². The van der Waals surface area contributed by atoms with Crippen LogP contribution in [0.2, 0.25) is 0 Å². The van der Waals surface area contributed by atoms with Gasteiger partial charge in [0.15, 0.2) is 23.1 Å². The van der Waals surface area contributed by atoms with Gasteiger partial charge in [0.25, 0.3) is 0 Å². The molecule has 0 aliphatic carbocycles. The van der Waals surface area contributed by atoms with Crippen molar-refractivity contribution in [1.29, 1.82) is 0 Å². The predicted octanol–water partition coefficient (Wildman–Crippen LogP) is 14.4. The number of hydrogen-bond donors (Lipinski definition) is 0. The molecule has 60 heavy (non-hydrogen) atoms. The van der Waals surface area contributed by atoms with Crippen LogP contribution in [0.4, 0.5) is 0 Å². The first-order valence-electron chi connectivity index (χ1n) is 20.2. The van der Waals surface area contributed by atoms with Crippen LogP contribution in [-0.4, -0.2) is 19.5 Å². The van der Waals surface area contributed by atoms with Gasteiger partial charge in [0, 0.05) is 38.2 Å². The highest BCUT2D eigenvalue weighted by Gasteiger charge is 2.25. The first-order chi connectivity index (χ1) is 29.8. The lowest BCUT2D eigenvalue weighted by molar-refractivity contribution is 0.666. The smallest absolute Gasteiger partial charge is 0.164 e. The molecule has 12 rings (SSSR count). The van der Waals surface area contributed by atoms with Gasteiger partial charge < -0.3 is 8.98 Å². The molecule has 3 aromatic heterocycles. The van der Waals surface area contributed by atoms with Crippen molar-refractivity contribution in [3.63, 3.8) is 0 Å². The summed E-state index contributed by atoms with van der Waals surface area (Å²) in [6.45, 7) is 0. The molecule has 0 N–H and O–H groups in total. The topological polar surface area (TPSA) is 56.7 Å². The Hall–Kier alpha value is -8.15. The summed E-state index contributed by atoms with van der Waals surface area (Å²) in [6.07, 6.45) is 0. The molecule has 3 heterocycles. The van der Waals surface area contributed by atoms with Crippen LogP contribution in [0.5, 0.6) is 0 Å². The van der Waals surface area contributed by atoms with Gasteiger partial charge in [-0.2, -0.15) is 0 Å². The van der Waals surface area contributed by atoms with Crippen LogP contribution in [0.15, 0.2) is 211 Å². The minimum absolute atomic E-state index is 0.580. The highest BCUT2D eigenvalue weighted by molar-refractivity contribution is 6.25. The Morgan fingerprint density at radius 2 is 0.867 bits per heavy atom. The Labute approximate surface area is 345 Å². The number of para-hydroxylation sites is 1. The van der Waals surface area contributed by atoms with Crippen LogP contribution < -0.4 is 0 Å². The molecule has 0 bridgehead atoms. The molecule has 0 saturated heterocycles. The zero-order valence-corrected chi connectivity index (χ0v) is 32.3. The Morgan fingerprint density at radius 3 is 1.52 bits per heavy atom. The van der Waals surface area contributed by atoms with Gasteiger partial charge in [0.1, 0.15) is 5.58 Å². The largest absolute Gasteiger partial charge is 0.454 e. The average molecular weight is 767 g/mol. The molecule has 0 saturated carbocycles. The molecule has 0 amide bonds. The van der Waals surface area contributed by atoms with E-state index in [-0.39, 0.29) is 0 Å². The summed E-state index contributed by atoms with van der Waals surface area (Å²) in [5.74, 6) is 1.80. The van der Waals surface area contributed by atoms with E-state index in [4.69, 9.17) is 19.4 Å². The molecular formula is C55H34N4O. The molecule has 0 spiro atoms. The van der Waals surface area contributed by atoms with Crippen molar-refractivity contribution in [1.82, 2.24) is 19.5 Å². The predicted molar refractivity (Wildman–Crippen MR) is 246 cm³/mol. The third kappa shape index (κ3) is 5.37. The maximum absolute atomic E-state index is 7.17. The number of furan rings is 1. The normalized spacial score (nSPS) is 11.7. The minimum atomic E-state index is 0.580. The van der Waals surface area contributed by atoms with Gasteiger partial charge in [-0.15, -0.1) is 0 Å². The lowest BCUT2D eigenvalue weighted by atomic mass is 9.94. The highest BCUT2D eigenvalue weighted by Crippen LogP contribution is 2.47. The maximum atomic E-state index is 7.17. The van der Waals surface area contributed by atoms with Crippen molar-refractivity contribution in [3.05, 3.63) is 206 Å². The summed E-state index contributed by atoms with van der Waals surface area (Å²) in [7, 11) is 0. The molecule has 0 unspecified atom stereocenters. The number of nitrogens with zero attached hydrogens (tertiary/aromatic N) is 4. The second-order valence-corrected chi connectivity index (χ2v) is 15.1. The first kappa shape index (κ1) is 33.9. The average Bonchev–Trinajstić information content (AvgIpc) is 3.89. The van der Waals surface area contributed by atoms with Crippen LogP contribution in [0, 0.1) is 0 Å². The van der Waals surface area contributed by atoms with E-state index in [1.165, 1.54) is 32.7 Å². The SMILES string of the molecule is c1ccc(-c2nc(-c3ccccc3)nc(-c3cccc4oc5c(-n6c7ccccc7c7c8ccccc8c(-c8ccccc8)cc76)ccc(-c6ccccc6)c5c34)n2)cc1. The maximum Gasteiger partial charge on any atom is 0.164 e. The zero-order valence-electron chi connectivity index (χ0n) is 32.3. The fourth-order valence-electron chi connectivity index (χ4n) is 9.00. The van der Waals surface area contributed by atoms with Gasteiger partial charge in [0.2, 0.25) is 0 Å². The molecule has 280 valence electrons. The third-order valence-corrected chi connectivity index (χ3v) is 11.7. The lowest BCUT2D eigenvalue weighted by Crippen LogP contribution is -2.00. The Bertz CT molecular complexity index is 3520. The fourth-order valence-corrected chi connectivity index (χ4v) is 9.00. The van der Waals surface area contributed by atoms with E-state index >= 15 is 0 Å². The van der Waals surface area contributed by atoms with Crippen molar-refractivity contribution in [2.45, 2.75) is 0 Å². The Balaban J connectivity index is 1.20. The number of fused-ring (bicyclic) bond motifs is 8. The van der Waals surface area contributed by atoms with Crippen molar-refractivity contribution < 1.29 is 4.42 Å². The van der Waals surface area contributed by atoms with Crippen LogP contribution in [0.3, 0.4) is 0 Å². The van der Waals surface area contributed by atoms with E-state index in [1.807, 2.05) is 66.7 Å². The van der Waals surface area contributed by atoms with Gasteiger partial charge in [-0.1, -0.05) is 182 Å². The summed E-state index contributed by atoms with van der Waals surface area (Å²) < 4.78 is 9.57. The molecule has 0 atom stereocenters. The summed E-state index contributed by atoms with van der Waals surface area (Å²) in [6, 6.07) is 72.0. The number of benzene rings is 9. The van der Waals surface area contributed by atoms with Gasteiger partial charge in [-0.25, -0.2) is 15.0 Å². The molecule has 9 aromatic carbocycles. The van der Waals surface area contributed by atoms with Gasteiger partial charge in [-0.3, -0.25) is 0 Å². The van der Waals surface area contributed by atoms with Crippen LogP contribution >= 0.6 is 0 Å². The Morgan fingerprint density at radius 1 is 0.333 bits per heavy atom. The molecule has 0 aliphatic rings. The summed E-state index contributed by atoms with van der Waals surface area (Å²) in [4.78, 5) is 15.4. The van der Waals surface area contributed by atoms with Gasteiger partial charge >= 0.3 is 0 Å². The number of rotatable bonds is 6. The van der Waals surface area contributed by atoms with E-state index in [0.29, 0.717) is 17.5 Å². The fraction of sp³-hybridized carbons (Fsp3) is 0. The Kier molecular flexibility index (Phi) is 7.78. The van der Waals surface area contributed by atoms with Crippen LogP contribution in [0.1, 0.15) is 0 Å². The zero-order chi connectivity index (χ0) is 39.6. The van der Waals surface area contributed by atoms with Crippen LogP contribution in [-0.2, 0) is 0 Å². The van der Waals surface area contributed by atoms with Gasteiger partial charge in [-0.05, 0) is 57.3 Å². The van der Waals surface area contributed by atoms with E-state index in [1.54, 1.807) is 0 Å². The quantitative estimate of drug-likeness (QED) is 0.169. The van der Waals surface area contributed by atoms with E-state index < -0.39 is 0 Å². The van der Waals surface area contributed by atoms with Crippen molar-refractivity contribution in [3.8, 4) is 62.1 Å². The van der Waals surface area contributed by atoms with E-state index in [9.17, 15) is 0 Å². The summed E-state index contributed by atoms with van der Waals surface area (Å²) in [5.41, 5.74) is 12.0. The molecule has 0 aliphatic heterocycles. The minimum Gasteiger partial charge on any atom is -0.454 e. The monoisotopic (exact) mass is 766 g/mol. The molecule has 12 aromatic rings. The molecular weight excluding hydrogens is 733 g/mol. The summed E-state index contributed by atoms with van der Waals surface area (Å²) >= 11 is 0. The number of hydrogen-bond acceptors (Lipinski definition) is 4. The molecule has 5 heteroatoms. The molecule has 0 fully saturated rings.